The number of hydrogen-bond acceptors (Lipinski definition) is 7. The predicted octanol–water partition coefficient (Wildman–Crippen LogP) is 4.72. The van der Waals surface area contributed by atoms with E-state index in [4.69, 9.17) is 9.97 Å². The van der Waals surface area contributed by atoms with E-state index in [0.717, 1.165) is 53.4 Å². The van der Waals surface area contributed by atoms with Crippen molar-refractivity contribution in [1.82, 2.24) is 24.8 Å². The van der Waals surface area contributed by atoms with Gasteiger partial charge in [0.15, 0.2) is 5.13 Å². The molecular formula is C21H26N6S. The smallest absolute Gasteiger partial charge is 0.188 e. The predicted molar refractivity (Wildman–Crippen MR) is 113 cm³/mol. The molecule has 3 aromatic rings. The second kappa shape index (κ2) is 8.32. The van der Waals surface area contributed by atoms with Crippen LogP contribution in [-0.2, 0) is 6.54 Å². The third kappa shape index (κ3) is 4.36. The molecule has 1 aliphatic rings. The molecule has 1 fully saturated rings. The molecule has 0 amide bonds. The minimum atomic E-state index is 0.218. The van der Waals surface area contributed by atoms with Crippen LogP contribution >= 0.6 is 11.3 Å². The van der Waals surface area contributed by atoms with Crippen molar-refractivity contribution in [3.05, 3.63) is 58.2 Å². The van der Waals surface area contributed by atoms with Crippen LogP contribution in [0.25, 0.3) is 0 Å². The molecule has 0 spiro atoms. The van der Waals surface area contributed by atoms with E-state index >= 15 is 0 Å². The zero-order valence-electron chi connectivity index (χ0n) is 16.6. The number of likely N-dealkylation sites (tertiary alicyclic amines) is 1. The lowest BCUT2D eigenvalue weighted by Crippen LogP contribution is -2.34. The van der Waals surface area contributed by atoms with Crippen molar-refractivity contribution in [1.29, 1.82) is 0 Å². The fourth-order valence-electron chi connectivity index (χ4n) is 3.61. The first-order valence-corrected chi connectivity index (χ1v) is 10.6. The average molecular weight is 395 g/mol. The maximum absolute atomic E-state index is 4.87. The number of thiazole rings is 1. The normalized spacial score (nSPS) is 17.6. The van der Waals surface area contributed by atoms with Gasteiger partial charge in [-0.3, -0.25) is 9.88 Å². The second-order valence-corrected chi connectivity index (χ2v) is 8.54. The van der Waals surface area contributed by atoms with Crippen molar-refractivity contribution in [3.8, 4) is 0 Å². The molecule has 1 saturated heterocycles. The number of nitrogens with zero attached hydrogens (tertiary/aromatic N) is 5. The van der Waals surface area contributed by atoms with E-state index in [1.807, 2.05) is 38.2 Å². The van der Waals surface area contributed by atoms with E-state index in [1.165, 1.54) is 17.7 Å². The first-order chi connectivity index (χ1) is 13.6. The van der Waals surface area contributed by atoms with Gasteiger partial charge < -0.3 is 5.32 Å². The van der Waals surface area contributed by atoms with Crippen LogP contribution in [-0.4, -0.2) is 31.4 Å². The largest absolute Gasteiger partial charge is 0.316 e. The van der Waals surface area contributed by atoms with E-state index in [0.29, 0.717) is 0 Å². The van der Waals surface area contributed by atoms with Crippen LogP contribution in [0.3, 0.4) is 0 Å². The summed E-state index contributed by atoms with van der Waals surface area (Å²) in [5.74, 6) is 1.71. The molecule has 0 saturated carbocycles. The molecule has 1 N–H and O–H groups in total. The standard InChI is InChI=1S/C21H26N6S/c1-14-12-19(26-21-24-15(2)16(3)28-21)25-20(23-14)18-9-5-7-11-27(18)13-17-8-4-6-10-22-17/h4,6,8,10,12,18H,5,7,9,11,13H2,1-3H3,(H,23,24,25,26). The summed E-state index contributed by atoms with van der Waals surface area (Å²) in [7, 11) is 0. The summed E-state index contributed by atoms with van der Waals surface area (Å²) in [4.78, 5) is 22.4. The van der Waals surface area contributed by atoms with E-state index in [-0.39, 0.29) is 6.04 Å². The van der Waals surface area contributed by atoms with E-state index in [9.17, 15) is 0 Å². The van der Waals surface area contributed by atoms with Gasteiger partial charge in [0.1, 0.15) is 11.6 Å². The number of pyridine rings is 1. The molecule has 0 bridgehead atoms. The molecule has 28 heavy (non-hydrogen) atoms. The van der Waals surface area contributed by atoms with Crippen LogP contribution < -0.4 is 5.32 Å². The first kappa shape index (κ1) is 19.0. The molecule has 3 aromatic heterocycles. The van der Waals surface area contributed by atoms with Gasteiger partial charge in [-0.1, -0.05) is 12.5 Å². The Morgan fingerprint density at radius 1 is 1.14 bits per heavy atom. The highest BCUT2D eigenvalue weighted by molar-refractivity contribution is 7.15. The van der Waals surface area contributed by atoms with Crippen molar-refractivity contribution in [2.24, 2.45) is 0 Å². The lowest BCUT2D eigenvalue weighted by molar-refractivity contribution is 0.132. The number of hydrogen-bond donors (Lipinski definition) is 1. The summed E-state index contributed by atoms with van der Waals surface area (Å²) in [6, 6.07) is 8.30. The van der Waals surface area contributed by atoms with Gasteiger partial charge in [-0.2, -0.15) is 0 Å². The van der Waals surface area contributed by atoms with Gasteiger partial charge in [-0.15, -0.1) is 11.3 Å². The number of nitrogens with one attached hydrogen (secondary N) is 1. The molecule has 4 rings (SSSR count). The highest BCUT2D eigenvalue weighted by atomic mass is 32.1. The second-order valence-electron chi connectivity index (χ2n) is 7.34. The van der Waals surface area contributed by atoms with Crippen LogP contribution in [0, 0.1) is 20.8 Å². The van der Waals surface area contributed by atoms with Gasteiger partial charge in [0.25, 0.3) is 0 Å². The fraction of sp³-hybridized carbons (Fsp3) is 0.429. The molecule has 4 heterocycles. The minimum Gasteiger partial charge on any atom is -0.316 e. The first-order valence-electron chi connectivity index (χ1n) is 9.79. The summed E-state index contributed by atoms with van der Waals surface area (Å²) in [5.41, 5.74) is 3.13. The van der Waals surface area contributed by atoms with Crippen LogP contribution in [0.15, 0.2) is 30.5 Å². The van der Waals surface area contributed by atoms with E-state index in [2.05, 4.69) is 33.2 Å². The quantitative estimate of drug-likeness (QED) is 0.675. The summed E-state index contributed by atoms with van der Waals surface area (Å²) in [6.07, 6.45) is 5.34. The SMILES string of the molecule is Cc1cc(Nc2nc(C)c(C)s2)nc(C2CCCCN2Cc2ccccn2)n1. The molecule has 6 nitrogen and oxygen atoms in total. The molecule has 1 aliphatic heterocycles. The molecule has 1 atom stereocenters. The molecule has 0 aromatic carbocycles. The molecule has 7 heteroatoms. The Hall–Kier alpha value is -2.38. The maximum Gasteiger partial charge on any atom is 0.188 e. The van der Waals surface area contributed by atoms with E-state index < -0.39 is 0 Å². The average Bonchev–Trinajstić information content (AvgIpc) is 2.99. The number of aryl methyl sites for hydroxylation is 3. The Morgan fingerprint density at radius 3 is 2.79 bits per heavy atom. The Kier molecular flexibility index (Phi) is 5.64. The summed E-state index contributed by atoms with van der Waals surface area (Å²) >= 11 is 1.66. The van der Waals surface area contributed by atoms with Crippen molar-refractivity contribution in [2.75, 3.05) is 11.9 Å². The molecular weight excluding hydrogens is 368 g/mol. The van der Waals surface area contributed by atoms with Crippen molar-refractivity contribution in [2.45, 2.75) is 52.6 Å². The molecule has 0 radical (unpaired) electrons. The van der Waals surface area contributed by atoms with Crippen molar-refractivity contribution < 1.29 is 0 Å². The van der Waals surface area contributed by atoms with Crippen molar-refractivity contribution >= 4 is 22.3 Å². The molecule has 146 valence electrons. The highest BCUT2D eigenvalue weighted by Gasteiger charge is 2.27. The summed E-state index contributed by atoms with van der Waals surface area (Å²) in [6.45, 7) is 8.03. The highest BCUT2D eigenvalue weighted by Crippen LogP contribution is 2.31. The third-order valence-corrected chi connectivity index (χ3v) is 6.13. The Bertz CT molecular complexity index is 920. The Balaban J connectivity index is 1.58. The minimum absolute atomic E-state index is 0.218. The maximum atomic E-state index is 4.87. The lowest BCUT2D eigenvalue weighted by Gasteiger charge is -2.34. The Morgan fingerprint density at radius 2 is 2.04 bits per heavy atom. The summed E-state index contributed by atoms with van der Waals surface area (Å²) in [5, 5.41) is 4.26. The van der Waals surface area contributed by atoms with Crippen molar-refractivity contribution in [3.63, 3.8) is 0 Å². The fourth-order valence-corrected chi connectivity index (χ4v) is 4.43. The third-order valence-electron chi connectivity index (χ3n) is 5.14. The van der Waals surface area contributed by atoms with Crippen LogP contribution in [0.1, 0.15) is 53.1 Å². The lowest BCUT2D eigenvalue weighted by atomic mass is 10.0. The zero-order chi connectivity index (χ0) is 19.5. The van der Waals surface area contributed by atoms with Gasteiger partial charge in [-0.25, -0.2) is 15.0 Å². The monoisotopic (exact) mass is 394 g/mol. The van der Waals surface area contributed by atoms with Crippen LogP contribution in [0.2, 0.25) is 0 Å². The summed E-state index contributed by atoms with van der Waals surface area (Å²) < 4.78 is 0. The number of piperidine rings is 1. The Labute approximate surface area is 170 Å². The molecule has 1 unspecified atom stereocenters. The van der Waals surface area contributed by atoms with Gasteiger partial charge in [0.05, 0.1) is 17.4 Å². The van der Waals surface area contributed by atoms with Crippen LogP contribution in [0.5, 0.6) is 0 Å². The van der Waals surface area contributed by atoms with Gasteiger partial charge in [0, 0.05) is 29.4 Å². The number of anilines is 2. The topological polar surface area (TPSA) is 66.8 Å². The van der Waals surface area contributed by atoms with Crippen LogP contribution in [0.4, 0.5) is 10.9 Å². The molecule has 0 aliphatic carbocycles. The van der Waals surface area contributed by atoms with Gasteiger partial charge >= 0.3 is 0 Å². The van der Waals surface area contributed by atoms with E-state index in [1.54, 1.807) is 11.3 Å². The van der Waals surface area contributed by atoms with Gasteiger partial charge in [-0.05, 0) is 52.3 Å². The number of rotatable bonds is 5. The number of aromatic nitrogens is 4. The van der Waals surface area contributed by atoms with Gasteiger partial charge in [0.2, 0.25) is 0 Å². The zero-order valence-corrected chi connectivity index (χ0v) is 17.5.